The number of hydrogen-bond acceptors (Lipinski definition) is 5. The summed E-state index contributed by atoms with van der Waals surface area (Å²) in [4.78, 5) is 36.5. The zero-order chi connectivity index (χ0) is 28.3. The highest BCUT2D eigenvalue weighted by atomic mass is 16.4. The number of hydrogen-bond donors (Lipinski definition) is 2. The number of aromatic carboxylic acids is 1. The van der Waals surface area contributed by atoms with Gasteiger partial charge in [0.1, 0.15) is 5.69 Å². The van der Waals surface area contributed by atoms with E-state index in [1.54, 1.807) is 30.3 Å². The number of fused-ring (bicyclic) bond motifs is 1. The lowest BCUT2D eigenvalue weighted by Crippen LogP contribution is -2.30. The van der Waals surface area contributed by atoms with Gasteiger partial charge in [-0.15, -0.1) is 9.89 Å². The summed E-state index contributed by atoms with van der Waals surface area (Å²) in [6, 6.07) is 25.3. The minimum Gasteiger partial charge on any atom is -0.478 e. The fourth-order valence-electron chi connectivity index (χ4n) is 4.57. The molecule has 196 valence electrons. The van der Waals surface area contributed by atoms with Crippen molar-refractivity contribution in [1.29, 1.82) is 0 Å². The van der Waals surface area contributed by atoms with E-state index in [9.17, 15) is 14.4 Å². The number of aryl methyl sites for hydroxylation is 4. The Kier molecular flexibility index (Phi) is 7.72. The maximum absolute atomic E-state index is 12.4. The van der Waals surface area contributed by atoms with Crippen LogP contribution in [-0.2, 0) is 0 Å². The van der Waals surface area contributed by atoms with E-state index in [0.29, 0.717) is 10.9 Å². The van der Waals surface area contributed by atoms with Crippen molar-refractivity contribution in [2.24, 2.45) is 0 Å². The first-order valence-electron chi connectivity index (χ1n) is 12.4. The number of rotatable bonds is 4. The van der Waals surface area contributed by atoms with Crippen LogP contribution in [0.2, 0.25) is 0 Å². The van der Waals surface area contributed by atoms with Crippen molar-refractivity contribution < 1.29 is 14.7 Å². The van der Waals surface area contributed by atoms with Gasteiger partial charge in [-0.3, -0.25) is 9.59 Å². The summed E-state index contributed by atoms with van der Waals surface area (Å²) in [5.41, 5.74) is 6.47. The Bertz CT molecular complexity index is 1790. The van der Waals surface area contributed by atoms with Crippen molar-refractivity contribution in [3.05, 3.63) is 134 Å². The van der Waals surface area contributed by atoms with Crippen molar-refractivity contribution in [3.63, 3.8) is 0 Å². The van der Waals surface area contributed by atoms with Gasteiger partial charge in [0.15, 0.2) is 5.78 Å². The molecule has 0 aliphatic rings. The Morgan fingerprint density at radius 3 is 1.90 bits per heavy atom. The van der Waals surface area contributed by atoms with Crippen LogP contribution in [0, 0.1) is 27.7 Å². The number of carbonyl (C=O) groups excluding carboxylic acids is 1. The van der Waals surface area contributed by atoms with Crippen LogP contribution in [0.1, 0.15) is 48.5 Å². The number of carboxylic acids is 1. The van der Waals surface area contributed by atoms with Gasteiger partial charge in [-0.1, -0.05) is 83.9 Å². The predicted molar refractivity (Wildman–Crippen MR) is 154 cm³/mol. The highest BCUT2D eigenvalue weighted by Gasteiger charge is 2.18. The zero-order valence-corrected chi connectivity index (χ0v) is 22.2. The van der Waals surface area contributed by atoms with Crippen LogP contribution in [0.25, 0.3) is 22.0 Å². The molecular formula is C32H29N3O4. The molecule has 7 heteroatoms. The van der Waals surface area contributed by atoms with Gasteiger partial charge in [-0.2, -0.15) is 0 Å². The molecule has 39 heavy (non-hydrogen) atoms. The first kappa shape index (κ1) is 27.0. The fourth-order valence-corrected chi connectivity index (χ4v) is 4.57. The van der Waals surface area contributed by atoms with E-state index in [1.807, 2.05) is 70.2 Å². The number of carbonyl (C=O) groups is 2. The molecule has 5 rings (SSSR count). The molecule has 0 aliphatic heterocycles. The second-order valence-corrected chi connectivity index (χ2v) is 9.46. The summed E-state index contributed by atoms with van der Waals surface area (Å²) < 4.78 is 0. The van der Waals surface area contributed by atoms with Crippen LogP contribution in [0.4, 0.5) is 0 Å². The lowest BCUT2D eigenvalue weighted by Gasteiger charge is -2.10. The number of nitrogen functional groups attached to an aromatic ring is 1. The third-order valence-electron chi connectivity index (χ3n) is 6.49. The van der Waals surface area contributed by atoms with Gasteiger partial charge in [0.2, 0.25) is 0 Å². The van der Waals surface area contributed by atoms with E-state index < -0.39 is 5.97 Å². The lowest BCUT2D eigenvalue weighted by atomic mass is 9.94. The van der Waals surface area contributed by atoms with E-state index in [4.69, 9.17) is 10.9 Å². The molecule has 3 N–H and O–H groups in total. The largest absolute Gasteiger partial charge is 0.478 e. The second-order valence-electron chi connectivity index (χ2n) is 9.46. The fraction of sp³-hybridized carbons (Fsp3) is 0.125. The minimum absolute atomic E-state index is 0.0347. The molecule has 5 aromatic rings. The average Bonchev–Trinajstić information content (AvgIpc) is 2.91. The average molecular weight is 520 g/mol. The molecule has 0 saturated heterocycles. The first-order valence-corrected chi connectivity index (χ1v) is 12.4. The third-order valence-corrected chi connectivity index (χ3v) is 6.49. The van der Waals surface area contributed by atoms with Crippen molar-refractivity contribution >= 4 is 22.5 Å². The molecule has 0 fully saturated rings. The molecule has 0 radical (unpaired) electrons. The quantitative estimate of drug-likeness (QED) is 0.235. The Labute approximate surface area is 226 Å². The summed E-state index contributed by atoms with van der Waals surface area (Å²) in [6.45, 7) is 7.88. The highest BCUT2D eigenvalue weighted by Crippen LogP contribution is 2.27. The summed E-state index contributed by atoms with van der Waals surface area (Å²) in [7, 11) is 0. The topological polar surface area (TPSA) is 115 Å². The van der Waals surface area contributed by atoms with E-state index in [2.05, 4.69) is 11.2 Å². The molecule has 0 spiro atoms. The highest BCUT2D eigenvalue weighted by molar-refractivity contribution is 6.14. The molecule has 0 amide bonds. The summed E-state index contributed by atoms with van der Waals surface area (Å²) in [5, 5.41) is 14.8. The Balaban J connectivity index is 0.000000181. The predicted octanol–water partition coefficient (Wildman–Crippen LogP) is 5.63. The van der Waals surface area contributed by atoms with Crippen LogP contribution in [0.5, 0.6) is 0 Å². The van der Waals surface area contributed by atoms with Gasteiger partial charge in [0.25, 0.3) is 5.56 Å². The van der Waals surface area contributed by atoms with Crippen LogP contribution >= 0.6 is 0 Å². The smallest absolute Gasteiger partial charge is 0.336 e. The summed E-state index contributed by atoms with van der Waals surface area (Å²) >= 11 is 0. The molecule has 0 atom stereocenters. The molecule has 7 nitrogen and oxygen atoms in total. The normalized spacial score (nSPS) is 10.6. The number of nitrogens with zero attached hydrogens (tertiary/aromatic N) is 2. The van der Waals surface area contributed by atoms with Gasteiger partial charge in [0, 0.05) is 22.1 Å². The van der Waals surface area contributed by atoms with Crippen molar-refractivity contribution in [2.75, 3.05) is 5.84 Å². The van der Waals surface area contributed by atoms with Gasteiger partial charge in [-0.25, -0.2) is 4.79 Å². The van der Waals surface area contributed by atoms with Gasteiger partial charge in [0.05, 0.1) is 10.9 Å². The van der Waals surface area contributed by atoms with Gasteiger partial charge in [-0.05, 0) is 51.0 Å². The number of carboxylic acid groups (broad SMARTS) is 1. The Morgan fingerprint density at radius 2 is 1.28 bits per heavy atom. The molecule has 1 aromatic heterocycles. The zero-order valence-electron chi connectivity index (χ0n) is 22.2. The third kappa shape index (κ3) is 5.62. The standard InChI is InChI=1S/C16H15N3O.C16H14O3/c1-10-7-8-12(11(2)9-10)15-13-5-3-4-6-14(13)16(20)19(17)18-15;1-10-7-8-12(11(2)9-10)15(17)13-5-3-4-6-14(13)16(18)19/h3-9H,17H2,1-2H3;3-9H,1-2H3,(H,18,19). The molecular weight excluding hydrogens is 490 g/mol. The SMILES string of the molecule is Cc1ccc(-c2nn(N)c(=O)c3ccccc23)c(C)c1.Cc1ccc(C(=O)c2ccccc2C(=O)O)c(C)c1. The van der Waals surface area contributed by atoms with Crippen molar-refractivity contribution in [3.8, 4) is 11.3 Å². The number of aromatic nitrogens is 2. The van der Waals surface area contributed by atoms with Crippen LogP contribution < -0.4 is 11.4 Å². The minimum atomic E-state index is -1.09. The van der Waals surface area contributed by atoms with E-state index in [1.165, 1.54) is 11.6 Å². The van der Waals surface area contributed by atoms with Crippen LogP contribution in [-0.4, -0.2) is 26.7 Å². The number of nitrogens with two attached hydrogens (primary N) is 1. The second kappa shape index (κ2) is 11.1. The molecule has 0 unspecified atom stereocenters. The summed E-state index contributed by atoms with van der Waals surface area (Å²) in [6.07, 6.45) is 0. The van der Waals surface area contributed by atoms with E-state index >= 15 is 0 Å². The molecule has 0 saturated carbocycles. The van der Waals surface area contributed by atoms with E-state index in [-0.39, 0.29) is 22.5 Å². The first-order chi connectivity index (χ1) is 18.6. The molecule has 0 bridgehead atoms. The number of benzene rings is 4. The van der Waals surface area contributed by atoms with Gasteiger partial charge < -0.3 is 10.9 Å². The molecule has 4 aromatic carbocycles. The Hall–Kier alpha value is -5.04. The lowest BCUT2D eigenvalue weighted by molar-refractivity contribution is 0.0692. The van der Waals surface area contributed by atoms with Crippen molar-refractivity contribution in [1.82, 2.24) is 9.89 Å². The monoisotopic (exact) mass is 519 g/mol. The maximum atomic E-state index is 12.4. The maximum Gasteiger partial charge on any atom is 0.336 e. The number of ketones is 1. The molecule has 0 aliphatic carbocycles. The van der Waals surface area contributed by atoms with Crippen LogP contribution in [0.15, 0.2) is 89.7 Å². The Morgan fingerprint density at radius 1 is 0.718 bits per heavy atom. The van der Waals surface area contributed by atoms with Gasteiger partial charge >= 0.3 is 5.97 Å². The van der Waals surface area contributed by atoms with Crippen molar-refractivity contribution in [2.45, 2.75) is 27.7 Å². The van der Waals surface area contributed by atoms with E-state index in [0.717, 1.165) is 38.1 Å². The summed E-state index contributed by atoms with van der Waals surface area (Å²) in [5.74, 6) is 4.35. The molecule has 1 heterocycles. The van der Waals surface area contributed by atoms with Crippen LogP contribution in [0.3, 0.4) is 0 Å².